The molecule has 1 aliphatic rings. The first kappa shape index (κ1) is 11.6. The first-order chi connectivity index (χ1) is 6.53. The zero-order valence-corrected chi connectivity index (χ0v) is 9.23. The molecular formula is C9H12BrF2N2-. The van der Waals surface area contributed by atoms with Crippen LogP contribution >= 0.6 is 15.9 Å². The Morgan fingerprint density at radius 2 is 2.00 bits per heavy atom. The highest BCUT2D eigenvalue weighted by atomic mass is 79.9. The Morgan fingerprint density at radius 3 is 2.50 bits per heavy atom. The van der Waals surface area contributed by atoms with Gasteiger partial charge in [0.15, 0.2) is 0 Å². The fourth-order valence-corrected chi connectivity index (χ4v) is 1.51. The Morgan fingerprint density at radius 1 is 1.43 bits per heavy atom. The molecule has 0 unspecified atom stereocenters. The largest absolute Gasteiger partial charge is 0.704 e. The molecule has 0 spiro atoms. The van der Waals surface area contributed by atoms with E-state index in [4.69, 9.17) is 5.73 Å². The second kappa shape index (κ2) is 4.87. The maximum Gasteiger partial charge on any atom is 0.248 e. The predicted octanol–water partition coefficient (Wildman–Crippen LogP) is 3.92. The summed E-state index contributed by atoms with van der Waals surface area (Å²) >= 11 is 3.10. The van der Waals surface area contributed by atoms with Crippen LogP contribution in [0, 0.1) is 0 Å². The molecule has 0 atom stereocenters. The molecule has 14 heavy (non-hydrogen) atoms. The zero-order valence-electron chi connectivity index (χ0n) is 7.64. The van der Waals surface area contributed by atoms with Gasteiger partial charge in [-0.2, -0.15) is 6.20 Å². The van der Waals surface area contributed by atoms with Crippen molar-refractivity contribution < 1.29 is 8.78 Å². The number of hydrogen-bond donors (Lipinski definition) is 0. The second-order valence-corrected chi connectivity index (χ2v) is 4.31. The van der Waals surface area contributed by atoms with E-state index in [2.05, 4.69) is 20.9 Å². The van der Waals surface area contributed by atoms with Crippen LogP contribution in [-0.4, -0.2) is 18.2 Å². The van der Waals surface area contributed by atoms with Crippen LogP contribution < -0.4 is 0 Å². The minimum absolute atomic E-state index is 0.0119. The van der Waals surface area contributed by atoms with Gasteiger partial charge in [-0.1, -0.05) is 15.9 Å². The monoisotopic (exact) mass is 265 g/mol. The lowest BCUT2D eigenvalue weighted by Crippen LogP contribution is -2.26. The fourth-order valence-electron chi connectivity index (χ4n) is 1.39. The molecule has 5 heteroatoms. The normalized spacial score (nSPS) is 24.4. The molecule has 2 nitrogen and oxygen atoms in total. The van der Waals surface area contributed by atoms with Crippen LogP contribution in [0.25, 0.3) is 5.73 Å². The number of halogens is 3. The molecule has 0 radical (unpaired) electrons. The van der Waals surface area contributed by atoms with E-state index in [-0.39, 0.29) is 18.9 Å². The molecule has 0 bridgehead atoms. The third-order valence-electron chi connectivity index (χ3n) is 2.23. The summed E-state index contributed by atoms with van der Waals surface area (Å²) < 4.78 is 26.0. The maximum atomic E-state index is 12.7. The Balaban J connectivity index is 2.40. The number of nitrogens with one attached hydrogen (secondary N) is 1. The van der Waals surface area contributed by atoms with E-state index in [1.54, 1.807) is 0 Å². The van der Waals surface area contributed by atoms with Gasteiger partial charge in [-0.05, 0) is 12.8 Å². The molecule has 0 heterocycles. The smallest absolute Gasteiger partial charge is 0.248 e. The minimum Gasteiger partial charge on any atom is -0.704 e. The van der Waals surface area contributed by atoms with Crippen LogP contribution in [0.2, 0.25) is 0 Å². The lowest BCUT2D eigenvalue weighted by Gasteiger charge is -2.25. The topological polar surface area (TPSA) is 36.2 Å². The van der Waals surface area contributed by atoms with E-state index >= 15 is 0 Å². The van der Waals surface area contributed by atoms with E-state index in [0.29, 0.717) is 17.3 Å². The average Bonchev–Trinajstić information content (AvgIpc) is 2.16. The summed E-state index contributed by atoms with van der Waals surface area (Å²) in [5, 5.41) is 0. The van der Waals surface area contributed by atoms with E-state index in [1.807, 2.05) is 0 Å². The Bertz CT molecular complexity index is 241. The van der Waals surface area contributed by atoms with E-state index < -0.39 is 5.92 Å². The fraction of sp³-hybridized carbons (Fsp3) is 0.667. The summed E-state index contributed by atoms with van der Waals surface area (Å²) in [6.45, 7) is 0. The maximum absolute atomic E-state index is 12.7. The third kappa shape index (κ3) is 3.74. The van der Waals surface area contributed by atoms with Gasteiger partial charge in [-0.15, -0.1) is 0 Å². The number of allylic oxidation sites excluding steroid dienone is 1. The Kier molecular flexibility index (Phi) is 4.04. The van der Waals surface area contributed by atoms with Gasteiger partial charge in [0.05, 0.1) is 6.04 Å². The first-order valence-corrected chi connectivity index (χ1v) is 5.27. The molecule has 0 saturated heterocycles. The number of alkyl halides is 2. The van der Waals surface area contributed by atoms with E-state index in [1.165, 1.54) is 6.21 Å². The summed E-state index contributed by atoms with van der Waals surface area (Å²) in [5.41, 5.74) is 6.87. The van der Waals surface area contributed by atoms with Crippen molar-refractivity contribution >= 4 is 22.1 Å². The van der Waals surface area contributed by atoms with Crippen LogP contribution in [0.15, 0.2) is 15.7 Å². The van der Waals surface area contributed by atoms with Gasteiger partial charge in [-0.25, -0.2) is 8.78 Å². The quantitative estimate of drug-likeness (QED) is 0.679. The molecule has 1 saturated carbocycles. The van der Waals surface area contributed by atoms with Crippen LogP contribution in [0.1, 0.15) is 25.7 Å². The van der Waals surface area contributed by atoms with E-state index in [0.717, 1.165) is 6.20 Å². The molecular weight excluding hydrogens is 254 g/mol. The summed E-state index contributed by atoms with van der Waals surface area (Å²) in [4.78, 5) is 4.13. The standard InChI is InChI=1S/C9H12BrF2N2/c10-7(5-13)6-14-8-1-3-9(11,12)4-2-8/h5-6,8,13H,1-4H2/q-1. The zero-order chi connectivity index (χ0) is 10.6. The summed E-state index contributed by atoms with van der Waals surface area (Å²) in [6.07, 6.45) is 3.36. The van der Waals surface area contributed by atoms with Crippen LogP contribution in [0.4, 0.5) is 8.78 Å². The average molecular weight is 266 g/mol. The molecule has 0 aromatic rings. The highest BCUT2D eigenvalue weighted by Gasteiger charge is 2.34. The summed E-state index contributed by atoms with van der Waals surface area (Å²) in [7, 11) is 0. The Labute approximate surface area is 90.4 Å². The van der Waals surface area contributed by atoms with E-state index in [9.17, 15) is 8.78 Å². The highest BCUT2D eigenvalue weighted by molar-refractivity contribution is 9.12. The van der Waals surface area contributed by atoms with Crippen molar-refractivity contribution in [1.82, 2.24) is 0 Å². The predicted molar refractivity (Wildman–Crippen MR) is 57.0 cm³/mol. The second-order valence-electron chi connectivity index (χ2n) is 3.39. The van der Waals surface area contributed by atoms with Gasteiger partial charge < -0.3 is 5.73 Å². The number of rotatable bonds is 2. The van der Waals surface area contributed by atoms with Gasteiger partial charge in [0.25, 0.3) is 0 Å². The van der Waals surface area contributed by atoms with Gasteiger partial charge in [0, 0.05) is 23.5 Å². The van der Waals surface area contributed by atoms with Crippen molar-refractivity contribution in [3.05, 3.63) is 16.4 Å². The van der Waals surface area contributed by atoms with Gasteiger partial charge in [0.2, 0.25) is 5.92 Å². The van der Waals surface area contributed by atoms with Crippen molar-refractivity contribution in [3.63, 3.8) is 0 Å². The van der Waals surface area contributed by atoms with Gasteiger partial charge in [-0.3, -0.25) is 4.99 Å². The molecule has 1 N–H and O–H groups in total. The highest BCUT2D eigenvalue weighted by Crippen LogP contribution is 2.34. The summed E-state index contributed by atoms with van der Waals surface area (Å²) in [5.74, 6) is -2.49. The van der Waals surface area contributed by atoms with Crippen molar-refractivity contribution in [1.29, 1.82) is 0 Å². The SMILES string of the molecule is [NH-]C=C(Br)C=NC1CCC(F)(F)CC1. The Hall–Kier alpha value is -0.450. The van der Waals surface area contributed by atoms with Crippen LogP contribution in [0.5, 0.6) is 0 Å². The number of aliphatic imine (C=N–C) groups is 1. The van der Waals surface area contributed by atoms with Crippen LogP contribution in [0.3, 0.4) is 0 Å². The molecule has 0 amide bonds. The van der Waals surface area contributed by atoms with Crippen molar-refractivity contribution in [2.45, 2.75) is 37.6 Å². The molecule has 80 valence electrons. The molecule has 0 aromatic heterocycles. The summed E-state index contributed by atoms with van der Waals surface area (Å²) in [6, 6.07) is -0.0119. The number of nitrogens with zero attached hydrogens (tertiary/aromatic N) is 1. The van der Waals surface area contributed by atoms with Gasteiger partial charge >= 0.3 is 0 Å². The lowest BCUT2D eigenvalue weighted by atomic mass is 9.93. The molecule has 1 rings (SSSR count). The van der Waals surface area contributed by atoms with Gasteiger partial charge in [0.1, 0.15) is 0 Å². The first-order valence-electron chi connectivity index (χ1n) is 4.47. The van der Waals surface area contributed by atoms with Crippen molar-refractivity contribution in [2.24, 2.45) is 4.99 Å². The molecule has 1 fully saturated rings. The molecule has 0 aliphatic heterocycles. The minimum atomic E-state index is -2.49. The third-order valence-corrected chi connectivity index (χ3v) is 2.67. The van der Waals surface area contributed by atoms with Crippen molar-refractivity contribution in [3.8, 4) is 0 Å². The van der Waals surface area contributed by atoms with Crippen LogP contribution in [-0.2, 0) is 0 Å². The molecule has 0 aromatic carbocycles. The lowest BCUT2D eigenvalue weighted by molar-refractivity contribution is -0.0373. The van der Waals surface area contributed by atoms with Crippen molar-refractivity contribution in [2.75, 3.05) is 0 Å². The molecule has 1 aliphatic carbocycles. The number of hydrogen-bond acceptors (Lipinski definition) is 1.